The minimum absolute atomic E-state index is 0.148. The van der Waals surface area contributed by atoms with E-state index in [1.807, 2.05) is 13.0 Å². The molecule has 0 aliphatic heterocycles. The first-order valence-corrected chi connectivity index (χ1v) is 8.38. The van der Waals surface area contributed by atoms with E-state index in [2.05, 4.69) is 10.4 Å². The first-order chi connectivity index (χ1) is 12.6. The molecule has 27 heavy (non-hydrogen) atoms. The summed E-state index contributed by atoms with van der Waals surface area (Å²) in [6, 6.07) is 3.58. The molecule has 9 nitrogen and oxygen atoms in total. The van der Waals surface area contributed by atoms with Crippen LogP contribution in [0.2, 0.25) is 5.02 Å². The molecule has 0 radical (unpaired) electrons. The molecule has 144 valence electrons. The van der Waals surface area contributed by atoms with Crippen LogP contribution in [0.5, 0.6) is 0 Å². The molecule has 0 saturated heterocycles. The van der Waals surface area contributed by atoms with E-state index in [0.717, 1.165) is 11.1 Å². The molecule has 10 heteroatoms. The molecule has 0 aliphatic rings. The number of hydrogen-bond donors (Lipinski definition) is 1. The number of benzene rings is 1. The van der Waals surface area contributed by atoms with Gasteiger partial charge in [0, 0.05) is 0 Å². The van der Waals surface area contributed by atoms with Crippen molar-refractivity contribution in [2.24, 2.45) is 0 Å². The molecule has 1 heterocycles. The molecular formula is C17H19ClN4O5. The van der Waals surface area contributed by atoms with Gasteiger partial charge in [0.05, 0.1) is 15.6 Å². The Labute approximate surface area is 160 Å². The first kappa shape index (κ1) is 20.4. The Morgan fingerprint density at radius 2 is 1.96 bits per heavy atom. The molecule has 2 rings (SSSR count). The van der Waals surface area contributed by atoms with E-state index in [9.17, 15) is 19.7 Å². The van der Waals surface area contributed by atoms with Gasteiger partial charge in [0.25, 0.3) is 5.91 Å². The highest BCUT2D eigenvalue weighted by Crippen LogP contribution is 2.27. The summed E-state index contributed by atoms with van der Waals surface area (Å²) in [5.74, 6) is -1.28. The lowest BCUT2D eigenvalue weighted by Crippen LogP contribution is -2.24. The number of carbonyl (C=O) groups is 2. The lowest BCUT2D eigenvalue weighted by atomic mass is 10.1. The van der Waals surface area contributed by atoms with E-state index in [1.165, 1.54) is 18.5 Å². The third-order valence-corrected chi connectivity index (χ3v) is 4.16. The van der Waals surface area contributed by atoms with Crippen molar-refractivity contribution in [3.8, 4) is 0 Å². The van der Waals surface area contributed by atoms with Crippen molar-refractivity contribution < 1.29 is 19.2 Å². The number of aromatic nitrogens is 2. The van der Waals surface area contributed by atoms with Crippen molar-refractivity contribution in [3.05, 3.63) is 49.8 Å². The molecule has 1 N–H and O–H groups in total. The van der Waals surface area contributed by atoms with E-state index >= 15 is 0 Å². The van der Waals surface area contributed by atoms with Crippen LogP contribution >= 0.6 is 11.6 Å². The minimum atomic E-state index is -0.739. The maximum atomic E-state index is 12.0. The zero-order chi connectivity index (χ0) is 20.3. The lowest BCUT2D eigenvalue weighted by Gasteiger charge is -2.12. The number of hydrogen-bond acceptors (Lipinski definition) is 6. The topological polar surface area (TPSA) is 116 Å². The predicted molar refractivity (Wildman–Crippen MR) is 98.9 cm³/mol. The highest BCUT2D eigenvalue weighted by Gasteiger charge is 2.23. The van der Waals surface area contributed by atoms with Crippen LogP contribution < -0.4 is 5.32 Å². The monoisotopic (exact) mass is 394 g/mol. The smallest absolute Gasteiger partial charge is 0.328 e. The number of rotatable bonds is 6. The molecule has 2 aromatic rings. The number of nitro groups is 1. The van der Waals surface area contributed by atoms with Gasteiger partial charge in [0.2, 0.25) is 0 Å². The lowest BCUT2D eigenvalue weighted by molar-refractivity contribution is -0.386. The first-order valence-electron chi connectivity index (χ1n) is 8.00. The van der Waals surface area contributed by atoms with Gasteiger partial charge in [0.1, 0.15) is 17.9 Å². The van der Waals surface area contributed by atoms with Gasteiger partial charge in [-0.2, -0.15) is 5.10 Å². The van der Waals surface area contributed by atoms with Crippen molar-refractivity contribution in [1.29, 1.82) is 0 Å². The van der Waals surface area contributed by atoms with E-state index in [4.69, 9.17) is 16.3 Å². The number of ether oxygens (including phenoxy) is 1. The van der Waals surface area contributed by atoms with Crippen LogP contribution in [0, 0.1) is 37.8 Å². The summed E-state index contributed by atoms with van der Waals surface area (Å²) >= 11 is 6.12. The molecular weight excluding hydrogens is 376 g/mol. The van der Waals surface area contributed by atoms with Crippen molar-refractivity contribution in [2.75, 3.05) is 11.9 Å². The summed E-state index contributed by atoms with van der Waals surface area (Å²) in [7, 11) is 0. The number of halogens is 1. The van der Waals surface area contributed by atoms with E-state index in [0.29, 0.717) is 10.7 Å². The number of nitrogens with one attached hydrogen (secondary N) is 1. The molecule has 0 aliphatic carbocycles. The molecule has 0 unspecified atom stereocenters. The summed E-state index contributed by atoms with van der Waals surface area (Å²) in [4.78, 5) is 34.4. The molecule has 0 saturated carbocycles. The summed E-state index contributed by atoms with van der Waals surface area (Å²) in [5.41, 5.74) is 2.49. The molecule has 0 fully saturated rings. The van der Waals surface area contributed by atoms with E-state index in [1.54, 1.807) is 13.0 Å². The van der Waals surface area contributed by atoms with Gasteiger partial charge in [-0.25, -0.2) is 0 Å². The van der Waals surface area contributed by atoms with Crippen LogP contribution in [-0.4, -0.2) is 33.2 Å². The Bertz CT molecular complexity index is 899. The molecule has 0 bridgehead atoms. The zero-order valence-corrected chi connectivity index (χ0v) is 16.1. The molecule has 1 aromatic carbocycles. The predicted octanol–water partition coefficient (Wildman–Crippen LogP) is 2.86. The number of aryl methyl sites for hydroxylation is 3. The van der Waals surface area contributed by atoms with Crippen molar-refractivity contribution >= 4 is 34.9 Å². The summed E-state index contributed by atoms with van der Waals surface area (Å²) in [6.45, 7) is 5.81. The fourth-order valence-corrected chi connectivity index (χ4v) is 3.04. The maximum Gasteiger partial charge on any atom is 0.328 e. The number of nitrogens with zero attached hydrogens (tertiary/aromatic N) is 3. The number of amides is 1. The third-order valence-electron chi connectivity index (χ3n) is 3.87. The van der Waals surface area contributed by atoms with Gasteiger partial charge >= 0.3 is 11.7 Å². The van der Waals surface area contributed by atoms with Gasteiger partial charge in [-0.1, -0.05) is 17.7 Å². The average Bonchev–Trinajstić information content (AvgIpc) is 2.82. The van der Waals surface area contributed by atoms with Crippen LogP contribution in [0.1, 0.15) is 22.5 Å². The molecule has 1 amide bonds. The fourth-order valence-electron chi connectivity index (χ4n) is 2.67. The SMILES string of the molecule is Cc1cc(C)c(NC(=O)COC(=O)Cn2nc(C)c([N+](=O)[O-])c2C)c(Cl)c1. The Morgan fingerprint density at radius 1 is 1.30 bits per heavy atom. The van der Waals surface area contributed by atoms with Crippen LogP contribution in [0.25, 0.3) is 0 Å². The van der Waals surface area contributed by atoms with Gasteiger partial charge in [-0.3, -0.25) is 24.4 Å². The van der Waals surface area contributed by atoms with E-state index in [-0.39, 0.29) is 23.6 Å². The van der Waals surface area contributed by atoms with Gasteiger partial charge in [0.15, 0.2) is 6.61 Å². The Kier molecular flexibility index (Phi) is 6.17. The average molecular weight is 395 g/mol. The summed E-state index contributed by atoms with van der Waals surface area (Å²) in [5, 5.41) is 17.9. The van der Waals surface area contributed by atoms with Crippen LogP contribution in [0.3, 0.4) is 0 Å². The molecule has 0 spiro atoms. The number of anilines is 1. The second-order valence-electron chi connectivity index (χ2n) is 6.08. The standard InChI is InChI=1S/C17H19ClN4O5/c1-9-5-10(2)16(13(18)6-9)19-14(23)8-27-15(24)7-21-12(4)17(22(25)26)11(3)20-21/h5-6H,7-8H2,1-4H3,(H,19,23). The minimum Gasteiger partial charge on any atom is -0.454 e. The van der Waals surface area contributed by atoms with Crippen LogP contribution in [-0.2, 0) is 20.9 Å². The second kappa shape index (κ2) is 8.17. The highest BCUT2D eigenvalue weighted by atomic mass is 35.5. The van der Waals surface area contributed by atoms with Gasteiger partial charge in [-0.05, 0) is 44.9 Å². The highest BCUT2D eigenvalue weighted by molar-refractivity contribution is 6.34. The van der Waals surface area contributed by atoms with Crippen LogP contribution in [0.4, 0.5) is 11.4 Å². The van der Waals surface area contributed by atoms with Crippen molar-refractivity contribution in [1.82, 2.24) is 9.78 Å². The van der Waals surface area contributed by atoms with Crippen LogP contribution in [0.15, 0.2) is 12.1 Å². The Morgan fingerprint density at radius 3 is 2.52 bits per heavy atom. The third kappa shape index (κ3) is 4.82. The van der Waals surface area contributed by atoms with E-state index < -0.39 is 23.4 Å². The fraction of sp³-hybridized carbons (Fsp3) is 0.353. The second-order valence-corrected chi connectivity index (χ2v) is 6.49. The molecule has 0 atom stereocenters. The van der Waals surface area contributed by atoms with Crippen molar-refractivity contribution in [3.63, 3.8) is 0 Å². The van der Waals surface area contributed by atoms with Gasteiger partial charge in [-0.15, -0.1) is 0 Å². The van der Waals surface area contributed by atoms with Crippen molar-refractivity contribution in [2.45, 2.75) is 34.2 Å². The summed E-state index contributed by atoms with van der Waals surface area (Å²) < 4.78 is 6.10. The summed E-state index contributed by atoms with van der Waals surface area (Å²) in [6.07, 6.45) is 0. The largest absolute Gasteiger partial charge is 0.454 e. The Balaban J connectivity index is 1.95. The Hall–Kier alpha value is -2.94. The number of carbonyl (C=O) groups excluding carboxylic acids is 2. The maximum absolute atomic E-state index is 12.0. The quantitative estimate of drug-likeness (QED) is 0.457. The normalized spacial score (nSPS) is 10.6. The number of esters is 1. The van der Waals surface area contributed by atoms with Gasteiger partial charge < -0.3 is 10.1 Å². The molecule has 1 aromatic heterocycles. The zero-order valence-electron chi connectivity index (χ0n) is 15.3.